The molecule has 0 aliphatic heterocycles. The Balaban J connectivity index is 2.21. The van der Waals surface area contributed by atoms with Crippen LogP contribution in [0.25, 0.3) is 11.4 Å². The average Bonchev–Trinajstić information content (AvgIpc) is 2.48. The summed E-state index contributed by atoms with van der Waals surface area (Å²) < 4.78 is 27.1. The molecule has 21 heavy (non-hydrogen) atoms. The fourth-order valence-electron chi connectivity index (χ4n) is 2.02. The Bertz CT molecular complexity index is 637. The van der Waals surface area contributed by atoms with Gasteiger partial charge >= 0.3 is 0 Å². The molecule has 0 radical (unpaired) electrons. The van der Waals surface area contributed by atoms with Crippen molar-refractivity contribution in [1.82, 2.24) is 9.97 Å². The van der Waals surface area contributed by atoms with E-state index < -0.39 is 17.2 Å². The van der Waals surface area contributed by atoms with Crippen molar-refractivity contribution >= 4 is 0 Å². The van der Waals surface area contributed by atoms with Gasteiger partial charge in [-0.25, -0.2) is 18.7 Å². The molecule has 0 aliphatic rings. The first-order valence-corrected chi connectivity index (χ1v) is 6.86. The Morgan fingerprint density at radius 1 is 1.10 bits per heavy atom. The fraction of sp³-hybridized carbons (Fsp3) is 0.312. The van der Waals surface area contributed by atoms with E-state index in [1.807, 2.05) is 0 Å². The molecular weight excluding hydrogens is 272 g/mol. The first kappa shape index (κ1) is 15.0. The number of benzene rings is 1. The number of aromatic nitrogens is 2. The number of nitriles is 1. The van der Waals surface area contributed by atoms with E-state index in [0.29, 0.717) is 0 Å². The molecule has 108 valence electrons. The Labute approximate surface area is 122 Å². The van der Waals surface area contributed by atoms with E-state index >= 15 is 0 Å². The number of halogens is 2. The van der Waals surface area contributed by atoms with E-state index in [1.54, 1.807) is 12.4 Å². The van der Waals surface area contributed by atoms with Gasteiger partial charge in [0.25, 0.3) is 0 Å². The van der Waals surface area contributed by atoms with E-state index in [0.717, 1.165) is 43.4 Å². The summed E-state index contributed by atoms with van der Waals surface area (Å²) in [6.07, 6.45) is 7.60. The number of hydrogen-bond donors (Lipinski definition) is 0. The van der Waals surface area contributed by atoms with Gasteiger partial charge < -0.3 is 0 Å². The minimum atomic E-state index is -0.900. The predicted octanol–water partition coefficient (Wildman–Crippen LogP) is 4.03. The smallest absolute Gasteiger partial charge is 0.159 e. The van der Waals surface area contributed by atoms with Gasteiger partial charge in [-0.1, -0.05) is 19.8 Å². The van der Waals surface area contributed by atoms with Crippen molar-refractivity contribution in [2.45, 2.75) is 32.6 Å². The lowest BCUT2D eigenvalue weighted by atomic mass is 10.1. The van der Waals surface area contributed by atoms with Gasteiger partial charge in [0.15, 0.2) is 5.82 Å². The van der Waals surface area contributed by atoms with Crippen LogP contribution in [0.4, 0.5) is 8.78 Å². The first-order valence-electron chi connectivity index (χ1n) is 6.86. The number of rotatable bonds is 5. The summed E-state index contributed by atoms with van der Waals surface area (Å²) in [5.41, 5.74) is 0.640. The molecule has 0 saturated carbocycles. The standard InChI is InChI=1S/C16H15F2N3/c1-2-3-4-5-11-9-20-16(21-10-11)12-6-14(17)13(8-19)15(18)7-12/h6-7,9-10H,2-5H2,1H3. The molecule has 0 unspecified atom stereocenters. The van der Waals surface area contributed by atoms with Gasteiger partial charge in [0, 0.05) is 18.0 Å². The fourth-order valence-corrected chi connectivity index (χ4v) is 2.02. The SMILES string of the molecule is CCCCCc1cnc(-c2cc(F)c(C#N)c(F)c2)nc1. The predicted molar refractivity (Wildman–Crippen MR) is 75.3 cm³/mol. The van der Waals surface area contributed by atoms with Gasteiger partial charge in [0.2, 0.25) is 0 Å². The second kappa shape index (κ2) is 6.89. The molecule has 2 rings (SSSR count). The summed E-state index contributed by atoms with van der Waals surface area (Å²) in [4.78, 5) is 8.28. The zero-order chi connectivity index (χ0) is 15.2. The summed E-state index contributed by atoms with van der Waals surface area (Å²) in [5.74, 6) is -1.55. The van der Waals surface area contributed by atoms with E-state index in [9.17, 15) is 8.78 Å². The van der Waals surface area contributed by atoms with Crippen LogP contribution in [0.1, 0.15) is 37.3 Å². The number of unbranched alkanes of at least 4 members (excludes halogenated alkanes) is 2. The van der Waals surface area contributed by atoms with Gasteiger partial charge in [0.05, 0.1) is 0 Å². The normalized spacial score (nSPS) is 10.4. The monoisotopic (exact) mass is 287 g/mol. The molecule has 0 amide bonds. The lowest BCUT2D eigenvalue weighted by Gasteiger charge is -2.04. The molecule has 1 aromatic heterocycles. The van der Waals surface area contributed by atoms with E-state index in [2.05, 4.69) is 16.9 Å². The van der Waals surface area contributed by atoms with Crippen molar-refractivity contribution in [1.29, 1.82) is 5.26 Å². The molecule has 0 bridgehead atoms. The van der Waals surface area contributed by atoms with Crippen LogP contribution in [-0.2, 0) is 6.42 Å². The van der Waals surface area contributed by atoms with Crippen molar-refractivity contribution < 1.29 is 8.78 Å². The van der Waals surface area contributed by atoms with Crippen LogP contribution in [0.5, 0.6) is 0 Å². The molecule has 0 aliphatic carbocycles. The van der Waals surface area contributed by atoms with Crippen LogP contribution in [0, 0.1) is 23.0 Å². The molecule has 1 aromatic carbocycles. The second-order valence-corrected chi connectivity index (χ2v) is 4.80. The molecule has 0 spiro atoms. The largest absolute Gasteiger partial charge is 0.236 e. The molecule has 0 N–H and O–H groups in total. The Morgan fingerprint density at radius 2 is 1.71 bits per heavy atom. The van der Waals surface area contributed by atoms with Crippen molar-refractivity contribution in [2.24, 2.45) is 0 Å². The first-order chi connectivity index (χ1) is 10.2. The van der Waals surface area contributed by atoms with Gasteiger partial charge in [-0.2, -0.15) is 5.26 Å². The van der Waals surface area contributed by atoms with Crippen LogP contribution in [0.2, 0.25) is 0 Å². The van der Waals surface area contributed by atoms with Gasteiger partial charge in [-0.3, -0.25) is 0 Å². The summed E-state index contributed by atoms with van der Waals surface area (Å²) >= 11 is 0. The minimum Gasteiger partial charge on any atom is -0.236 e. The van der Waals surface area contributed by atoms with E-state index in [-0.39, 0.29) is 11.4 Å². The number of aryl methyl sites for hydroxylation is 1. The number of hydrogen-bond acceptors (Lipinski definition) is 3. The quantitative estimate of drug-likeness (QED) is 0.780. The van der Waals surface area contributed by atoms with Crippen LogP contribution in [0.3, 0.4) is 0 Å². The van der Waals surface area contributed by atoms with Crippen LogP contribution >= 0.6 is 0 Å². The third-order valence-corrected chi connectivity index (χ3v) is 3.19. The van der Waals surface area contributed by atoms with E-state index in [4.69, 9.17) is 5.26 Å². The Hall–Kier alpha value is -2.35. The minimum absolute atomic E-state index is 0.226. The zero-order valence-corrected chi connectivity index (χ0v) is 11.7. The molecular formula is C16H15F2N3. The lowest BCUT2D eigenvalue weighted by Crippen LogP contribution is -1.96. The molecule has 0 saturated heterocycles. The van der Waals surface area contributed by atoms with Crippen LogP contribution in [-0.4, -0.2) is 9.97 Å². The van der Waals surface area contributed by atoms with Gasteiger partial charge in [0.1, 0.15) is 23.3 Å². The summed E-state index contributed by atoms with van der Waals surface area (Å²) in [5, 5.41) is 8.64. The summed E-state index contributed by atoms with van der Waals surface area (Å²) in [6, 6.07) is 3.64. The van der Waals surface area contributed by atoms with Crippen LogP contribution in [0.15, 0.2) is 24.5 Å². The number of nitrogens with zero attached hydrogens (tertiary/aromatic N) is 3. The third kappa shape index (κ3) is 3.60. The van der Waals surface area contributed by atoms with Crippen LogP contribution < -0.4 is 0 Å². The molecule has 0 fully saturated rings. The summed E-state index contributed by atoms with van der Waals surface area (Å²) in [7, 11) is 0. The average molecular weight is 287 g/mol. The van der Waals surface area contributed by atoms with Crippen molar-refractivity contribution in [2.75, 3.05) is 0 Å². The highest BCUT2D eigenvalue weighted by Crippen LogP contribution is 2.21. The highest BCUT2D eigenvalue weighted by molar-refractivity contribution is 5.57. The van der Waals surface area contributed by atoms with Gasteiger partial charge in [-0.05, 0) is 30.5 Å². The van der Waals surface area contributed by atoms with E-state index in [1.165, 1.54) is 6.07 Å². The lowest BCUT2D eigenvalue weighted by molar-refractivity contribution is 0.577. The molecule has 2 aromatic rings. The maximum absolute atomic E-state index is 13.6. The van der Waals surface area contributed by atoms with Crippen molar-refractivity contribution in [3.8, 4) is 17.5 Å². The molecule has 1 heterocycles. The second-order valence-electron chi connectivity index (χ2n) is 4.80. The van der Waals surface area contributed by atoms with Crippen molar-refractivity contribution in [3.05, 3.63) is 47.3 Å². The Kier molecular flexibility index (Phi) is 4.94. The molecule has 5 heteroatoms. The zero-order valence-electron chi connectivity index (χ0n) is 11.7. The molecule has 3 nitrogen and oxygen atoms in total. The maximum atomic E-state index is 13.6. The summed E-state index contributed by atoms with van der Waals surface area (Å²) in [6.45, 7) is 2.13. The van der Waals surface area contributed by atoms with Gasteiger partial charge in [-0.15, -0.1) is 0 Å². The maximum Gasteiger partial charge on any atom is 0.159 e. The van der Waals surface area contributed by atoms with Crippen molar-refractivity contribution in [3.63, 3.8) is 0 Å². The highest BCUT2D eigenvalue weighted by atomic mass is 19.1. The Morgan fingerprint density at radius 3 is 2.24 bits per heavy atom. The molecule has 0 atom stereocenters. The third-order valence-electron chi connectivity index (χ3n) is 3.19. The topological polar surface area (TPSA) is 49.6 Å². The highest BCUT2D eigenvalue weighted by Gasteiger charge is 2.13.